The summed E-state index contributed by atoms with van der Waals surface area (Å²) >= 11 is 1.23. The van der Waals surface area contributed by atoms with Crippen molar-refractivity contribution in [3.05, 3.63) is 5.69 Å². The average molecular weight is 246 g/mol. The molecule has 1 heterocycles. The Labute approximate surface area is 94.2 Å². The van der Waals surface area contributed by atoms with Gasteiger partial charge in [0, 0.05) is 12.3 Å². The number of urea groups is 1. The molecule has 0 spiro atoms. The predicted molar refractivity (Wildman–Crippen MR) is 55.1 cm³/mol. The monoisotopic (exact) mass is 246 g/mol. The van der Waals surface area contributed by atoms with E-state index in [0.717, 1.165) is 0 Å². The van der Waals surface area contributed by atoms with Crippen LogP contribution in [0.2, 0.25) is 0 Å². The molecule has 0 aliphatic heterocycles. The van der Waals surface area contributed by atoms with Crippen LogP contribution in [-0.4, -0.2) is 39.7 Å². The highest BCUT2D eigenvalue weighted by molar-refractivity contribution is 7.99. The second kappa shape index (κ2) is 5.80. The fourth-order valence-corrected chi connectivity index (χ4v) is 1.56. The highest BCUT2D eigenvalue weighted by Gasteiger charge is 2.14. The molecule has 6 N–H and O–H groups in total. The summed E-state index contributed by atoms with van der Waals surface area (Å²) in [4.78, 5) is 10.4. The summed E-state index contributed by atoms with van der Waals surface area (Å²) in [6.07, 6.45) is 0. The van der Waals surface area contributed by atoms with Gasteiger partial charge in [0.15, 0.2) is 16.6 Å². The number of hydrogen-bond donors (Lipinski definition) is 4. The van der Waals surface area contributed by atoms with Gasteiger partial charge in [-0.3, -0.25) is 0 Å². The molecule has 0 atom stereocenters. The summed E-state index contributed by atoms with van der Waals surface area (Å²) < 4.78 is 4.44. The molecule has 0 unspecified atom stereocenters. The van der Waals surface area contributed by atoms with E-state index in [-0.39, 0.29) is 11.5 Å². The molecule has 0 aliphatic rings. The lowest BCUT2D eigenvalue weighted by Gasteiger charge is -1.99. The molecule has 1 rings (SSSR count). The van der Waals surface area contributed by atoms with E-state index in [1.165, 1.54) is 11.8 Å². The van der Waals surface area contributed by atoms with Crippen LogP contribution in [0.4, 0.5) is 4.79 Å². The van der Waals surface area contributed by atoms with Crippen molar-refractivity contribution in [2.45, 2.75) is 5.03 Å². The Balaban J connectivity index is 2.48. The van der Waals surface area contributed by atoms with E-state index in [4.69, 9.17) is 16.7 Å². The van der Waals surface area contributed by atoms with Gasteiger partial charge in [-0.05, 0) is 10.3 Å². The standard InChI is InChI=1S/C6H10N6O3S/c7-4(10-14)3-5(12-15-11-3)16-2-1-9-6(8)13/h14H,1-2H2,(H2,7,10)(H3,8,9,13). The maximum atomic E-state index is 10.4. The summed E-state index contributed by atoms with van der Waals surface area (Å²) in [5.41, 5.74) is 10.4. The van der Waals surface area contributed by atoms with Crippen LogP contribution in [0.5, 0.6) is 0 Å². The molecule has 0 aliphatic carbocycles. The first kappa shape index (κ1) is 12.1. The molecule has 0 saturated carbocycles. The van der Waals surface area contributed by atoms with E-state index >= 15 is 0 Å². The van der Waals surface area contributed by atoms with E-state index in [1.54, 1.807) is 0 Å². The molecule has 10 heteroatoms. The number of nitrogens with two attached hydrogens (primary N) is 2. The lowest BCUT2D eigenvalue weighted by atomic mass is 10.4. The van der Waals surface area contributed by atoms with Crippen molar-refractivity contribution in [2.75, 3.05) is 12.3 Å². The van der Waals surface area contributed by atoms with Gasteiger partial charge in [0.05, 0.1) is 0 Å². The third-order valence-corrected chi connectivity index (χ3v) is 2.40. The van der Waals surface area contributed by atoms with E-state index in [2.05, 4.69) is 25.4 Å². The molecule has 0 fully saturated rings. The van der Waals surface area contributed by atoms with Crippen LogP contribution in [0.15, 0.2) is 14.8 Å². The first-order valence-electron chi connectivity index (χ1n) is 4.11. The fraction of sp³-hybridized carbons (Fsp3) is 0.333. The van der Waals surface area contributed by atoms with Crippen LogP contribution >= 0.6 is 11.8 Å². The SMILES string of the molecule is NC(=O)NCCSc1nonc1/C(N)=N/O. The van der Waals surface area contributed by atoms with Gasteiger partial charge in [-0.2, -0.15) is 0 Å². The van der Waals surface area contributed by atoms with Crippen LogP contribution in [0.3, 0.4) is 0 Å². The van der Waals surface area contributed by atoms with E-state index in [9.17, 15) is 4.79 Å². The van der Waals surface area contributed by atoms with Gasteiger partial charge < -0.3 is 22.0 Å². The fourth-order valence-electron chi connectivity index (χ4n) is 0.801. The van der Waals surface area contributed by atoms with Crippen molar-refractivity contribution in [1.82, 2.24) is 15.6 Å². The number of primary amides is 1. The Morgan fingerprint density at radius 3 is 2.94 bits per heavy atom. The summed E-state index contributed by atoms with van der Waals surface area (Å²) in [7, 11) is 0. The highest BCUT2D eigenvalue weighted by Crippen LogP contribution is 2.17. The number of hydrogen-bond acceptors (Lipinski definition) is 7. The second-order valence-electron chi connectivity index (χ2n) is 2.54. The lowest BCUT2D eigenvalue weighted by molar-refractivity contribution is 0.249. The molecule has 2 amide bonds. The first-order valence-corrected chi connectivity index (χ1v) is 5.10. The molecule has 0 bridgehead atoms. The van der Waals surface area contributed by atoms with Gasteiger partial charge in [-0.15, -0.1) is 0 Å². The van der Waals surface area contributed by atoms with Gasteiger partial charge in [0.1, 0.15) is 0 Å². The van der Waals surface area contributed by atoms with Crippen molar-refractivity contribution in [3.8, 4) is 0 Å². The highest BCUT2D eigenvalue weighted by atomic mass is 32.2. The smallest absolute Gasteiger partial charge is 0.312 e. The Morgan fingerprint density at radius 1 is 1.56 bits per heavy atom. The topological polar surface area (TPSA) is 153 Å². The maximum absolute atomic E-state index is 10.4. The zero-order valence-electron chi connectivity index (χ0n) is 8.08. The number of oxime groups is 1. The summed E-state index contributed by atoms with van der Waals surface area (Å²) in [6.45, 7) is 0.364. The van der Waals surface area contributed by atoms with Crippen molar-refractivity contribution in [3.63, 3.8) is 0 Å². The minimum Gasteiger partial charge on any atom is -0.409 e. The molecule has 0 saturated heterocycles. The minimum atomic E-state index is -0.601. The average Bonchev–Trinajstić information content (AvgIpc) is 2.71. The van der Waals surface area contributed by atoms with Gasteiger partial charge in [-0.1, -0.05) is 16.9 Å². The number of amides is 2. The third kappa shape index (κ3) is 3.31. The molecule has 9 nitrogen and oxygen atoms in total. The van der Waals surface area contributed by atoms with Crippen molar-refractivity contribution >= 4 is 23.6 Å². The molecule has 1 aromatic heterocycles. The van der Waals surface area contributed by atoms with Gasteiger partial charge >= 0.3 is 6.03 Å². The Morgan fingerprint density at radius 2 is 2.31 bits per heavy atom. The minimum absolute atomic E-state index is 0.159. The lowest BCUT2D eigenvalue weighted by Crippen LogP contribution is -2.31. The van der Waals surface area contributed by atoms with Crippen molar-refractivity contribution in [2.24, 2.45) is 16.6 Å². The zero-order chi connectivity index (χ0) is 12.0. The summed E-state index contributed by atoms with van der Waals surface area (Å²) in [5, 5.41) is 21.0. The maximum Gasteiger partial charge on any atom is 0.312 e. The van der Waals surface area contributed by atoms with Crippen LogP contribution in [0.1, 0.15) is 5.69 Å². The molecule has 0 aromatic carbocycles. The number of carbonyl (C=O) groups is 1. The molecular weight excluding hydrogens is 236 g/mol. The third-order valence-electron chi connectivity index (χ3n) is 1.45. The molecule has 1 aromatic rings. The van der Waals surface area contributed by atoms with E-state index < -0.39 is 6.03 Å². The molecule has 16 heavy (non-hydrogen) atoms. The van der Waals surface area contributed by atoms with E-state index in [1.807, 2.05) is 0 Å². The number of nitrogens with one attached hydrogen (secondary N) is 1. The normalized spacial score (nSPS) is 11.4. The van der Waals surface area contributed by atoms with Crippen LogP contribution in [0.25, 0.3) is 0 Å². The molecule has 0 radical (unpaired) electrons. The number of thioether (sulfide) groups is 1. The zero-order valence-corrected chi connectivity index (χ0v) is 8.90. The van der Waals surface area contributed by atoms with Crippen LogP contribution in [-0.2, 0) is 0 Å². The molecular formula is C6H10N6O3S. The first-order chi connectivity index (χ1) is 7.65. The Hall–Kier alpha value is -1.97. The number of aromatic nitrogens is 2. The van der Waals surface area contributed by atoms with Gasteiger partial charge in [0.25, 0.3) is 0 Å². The number of carbonyl (C=O) groups excluding carboxylic acids is 1. The van der Waals surface area contributed by atoms with Crippen LogP contribution < -0.4 is 16.8 Å². The van der Waals surface area contributed by atoms with Gasteiger partial charge in [-0.25, -0.2) is 9.42 Å². The number of amidine groups is 1. The van der Waals surface area contributed by atoms with E-state index in [0.29, 0.717) is 17.3 Å². The van der Waals surface area contributed by atoms with Gasteiger partial charge in [0.2, 0.25) is 0 Å². The molecule has 88 valence electrons. The Kier molecular flexibility index (Phi) is 4.39. The number of rotatable bonds is 5. The largest absolute Gasteiger partial charge is 0.409 e. The van der Waals surface area contributed by atoms with Crippen molar-refractivity contribution < 1.29 is 14.6 Å². The number of nitrogens with zero attached hydrogens (tertiary/aromatic N) is 3. The summed E-state index contributed by atoms with van der Waals surface area (Å²) in [6, 6.07) is -0.601. The quantitative estimate of drug-likeness (QED) is 0.129. The Bertz CT molecular complexity index is 391. The van der Waals surface area contributed by atoms with Crippen molar-refractivity contribution in [1.29, 1.82) is 0 Å². The summed E-state index contributed by atoms with van der Waals surface area (Å²) in [5.74, 6) is 0.315. The van der Waals surface area contributed by atoms with Crippen LogP contribution in [0, 0.1) is 0 Å². The predicted octanol–water partition coefficient (Wildman–Crippen LogP) is -1.08. The second-order valence-corrected chi connectivity index (χ2v) is 3.63.